The van der Waals surface area contributed by atoms with Gasteiger partial charge in [0.1, 0.15) is 16.6 Å². The lowest BCUT2D eigenvalue weighted by molar-refractivity contribution is -0.123. The van der Waals surface area contributed by atoms with E-state index in [9.17, 15) is 9.18 Å². The predicted molar refractivity (Wildman–Crippen MR) is 78.2 cm³/mol. The van der Waals surface area contributed by atoms with E-state index in [4.69, 9.17) is 22.7 Å². The molecule has 0 radical (unpaired) electrons. The molecular formula is C14H17FN2O2S. The van der Waals surface area contributed by atoms with Gasteiger partial charge in [-0.1, -0.05) is 31.1 Å². The molecule has 0 unspecified atom stereocenters. The molecule has 3 N–H and O–H groups in total. The van der Waals surface area contributed by atoms with Crippen molar-refractivity contribution in [3.63, 3.8) is 0 Å². The summed E-state index contributed by atoms with van der Waals surface area (Å²) >= 11 is 4.79. The first-order chi connectivity index (χ1) is 9.58. The van der Waals surface area contributed by atoms with Gasteiger partial charge in [-0.15, -0.1) is 0 Å². The van der Waals surface area contributed by atoms with Crippen LogP contribution in [0.25, 0.3) is 0 Å². The van der Waals surface area contributed by atoms with Crippen LogP contribution in [0.5, 0.6) is 5.75 Å². The van der Waals surface area contributed by atoms with Crippen LogP contribution in [0, 0.1) is 5.82 Å². The van der Waals surface area contributed by atoms with Crippen molar-refractivity contribution < 1.29 is 13.9 Å². The Kier molecular flexibility index (Phi) is 4.89. The lowest BCUT2D eigenvalue weighted by Gasteiger charge is -2.14. The zero-order chi connectivity index (χ0) is 14.5. The van der Waals surface area contributed by atoms with Crippen LogP contribution in [0.1, 0.15) is 31.2 Å². The number of carbonyl (C=O) groups excluding carboxylic acids is 1. The standard InChI is InChI=1S/C14H17FN2O2S/c15-10-6-3-7-11(13(10)14(16)20)19-8-12(18)17-9-4-1-2-5-9/h3,6-7,9H,1-2,4-5,8H2,(H2,16,20)(H,17,18). The van der Waals surface area contributed by atoms with Gasteiger partial charge in [-0.2, -0.15) is 0 Å². The lowest BCUT2D eigenvalue weighted by Crippen LogP contribution is -2.36. The average molecular weight is 296 g/mol. The number of ether oxygens (including phenoxy) is 1. The van der Waals surface area contributed by atoms with Gasteiger partial charge >= 0.3 is 0 Å². The number of nitrogens with two attached hydrogens (primary N) is 1. The van der Waals surface area contributed by atoms with Gasteiger partial charge in [-0.25, -0.2) is 4.39 Å². The Hall–Kier alpha value is -1.69. The quantitative estimate of drug-likeness (QED) is 0.815. The fraction of sp³-hybridized carbons (Fsp3) is 0.429. The highest BCUT2D eigenvalue weighted by atomic mass is 32.1. The SMILES string of the molecule is NC(=S)c1c(F)cccc1OCC(=O)NC1CCCC1. The van der Waals surface area contributed by atoms with Gasteiger partial charge < -0.3 is 15.8 Å². The molecule has 1 saturated carbocycles. The minimum atomic E-state index is -0.550. The summed E-state index contributed by atoms with van der Waals surface area (Å²) in [5.74, 6) is -0.569. The van der Waals surface area contributed by atoms with E-state index < -0.39 is 5.82 Å². The van der Waals surface area contributed by atoms with Crippen LogP contribution in [-0.4, -0.2) is 23.5 Å². The summed E-state index contributed by atoms with van der Waals surface area (Å²) in [4.78, 5) is 11.7. The summed E-state index contributed by atoms with van der Waals surface area (Å²) in [6, 6.07) is 4.51. The largest absolute Gasteiger partial charge is 0.483 e. The molecule has 1 fully saturated rings. The van der Waals surface area contributed by atoms with Crippen molar-refractivity contribution in [3.8, 4) is 5.75 Å². The van der Waals surface area contributed by atoms with Gasteiger partial charge in [0.05, 0.1) is 5.56 Å². The van der Waals surface area contributed by atoms with E-state index in [1.165, 1.54) is 12.1 Å². The second-order valence-corrected chi connectivity index (χ2v) is 5.25. The first-order valence-corrected chi connectivity index (χ1v) is 6.99. The lowest BCUT2D eigenvalue weighted by atomic mass is 10.2. The second-order valence-electron chi connectivity index (χ2n) is 4.81. The van der Waals surface area contributed by atoms with E-state index in [0.717, 1.165) is 25.7 Å². The van der Waals surface area contributed by atoms with Crippen molar-refractivity contribution in [2.24, 2.45) is 5.73 Å². The molecule has 2 rings (SSSR count). The van der Waals surface area contributed by atoms with E-state index in [1.807, 2.05) is 0 Å². The normalized spacial score (nSPS) is 15.1. The number of nitrogens with one attached hydrogen (secondary N) is 1. The van der Waals surface area contributed by atoms with E-state index in [0.29, 0.717) is 0 Å². The summed E-state index contributed by atoms with van der Waals surface area (Å²) in [5, 5.41) is 2.89. The second kappa shape index (κ2) is 6.65. The molecule has 4 nitrogen and oxygen atoms in total. The maximum Gasteiger partial charge on any atom is 0.258 e. The Morgan fingerprint density at radius 3 is 2.80 bits per heavy atom. The van der Waals surface area contributed by atoms with Gasteiger partial charge in [-0.3, -0.25) is 4.79 Å². The minimum Gasteiger partial charge on any atom is -0.483 e. The highest BCUT2D eigenvalue weighted by Crippen LogP contribution is 2.21. The monoisotopic (exact) mass is 296 g/mol. The van der Waals surface area contributed by atoms with Crippen LogP contribution in [0.3, 0.4) is 0 Å². The van der Waals surface area contributed by atoms with Crippen molar-refractivity contribution in [3.05, 3.63) is 29.6 Å². The molecule has 6 heteroatoms. The van der Waals surface area contributed by atoms with Crippen molar-refractivity contribution in [2.75, 3.05) is 6.61 Å². The van der Waals surface area contributed by atoms with Crippen molar-refractivity contribution in [1.29, 1.82) is 0 Å². The number of benzene rings is 1. The number of rotatable bonds is 5. The number of amides is 1. The average Bonchev–Trinajstić information content (AvgIpc) is 2.88. The Labute approximate surface area is 122 Å². The van der Waals surface area contributed by atoms with Crippen LogP contribution < -0.4 is 15.8 Å². The van der Waals surface area contributed by atoms with Crippen LogP contribution in [0.2, 0.25) is 0 Å². The molecule has 0 bridgehead atoms. The Balaban J connectivity index is 1.95. The van der Waals surface area contributed by atoms with E-state index in [2.05, 4.69) is 5.32 Å². The minimum absolute atomic E-state index is 0.0381. The summed E-state index contributed by atoms with van der Waals surface area (Å²) in [6.07, 6.45) is 4.29. The molecular weight excluding hydrogens is 279 g/mol. The molecule has 0 atom stereocenters. The molecule has 0 aliphatic heterocycles. The highest BCUT2D eigenvalue weighted by molar-refractivity contribution is 7.80. The van der Waals surface area contributed by atoms with Crippen LogP contribution in [0.15, 0.2) is 18.2 Å². The molecule has 1 amide bonds. The summed E-state index contributed by atoms with van der Waals surface area (Å²) in [7, 11) is 0. The topological polar surface area (TPSA) is 64.3 Å². The number of hydrogen-bond acceptors (Lipinski definition) is 3. The van der Waals surface area contributed by atoms with Crippen molar-refractivity contribution in [1.82, 2.24) is 5.32 Å². The number of carbonyl (C=O) groups is 1. The molecule has 0 heterocycles. The van der Waals surface area contributed by atoms with E-state index in [-0.39, 0.29) is 34.9 Å². The number of thiocarbonyl (C=S) groups is 1. The fourth-order valence-corrected chi connectivity index (χ4v) is 2.54. The van der Waals surface area contributed by atoms with Crippen LogP contribution in [-0.2, 0) is 4.79 Å². The van der Waals surface area contributed by atoms with Gasteiger partial charge in [0, 0.05) is 6.04 Å². The fourth-order valence-electron chi connectivity index (χ4n) is 2.35. The molecule has 1 aliphatic carbocycles. The third-order valence-electron chi connectivity index (χ3n) is 3.30. The highest BCUT2D eigenvalue weighted by Gasteiger charge is 2.18. The Morgan fingerprint density at radius 1 is 1.45 bits per heavy atom. The first-order valence-electron chi connectivity index (χ1n) is 6.58. The molecule has 0 spiro atoms. The molecule has 0 saturated heterocycles. The molecule has 20 heavy (non-hydrogen) atoms. The summed E-state index contributed by atoms with van der Waals surface area (Å²) in [5.41, 5.74) is 5.50. The molecule has 1 aliphatic rings. The van der Waals surface area contributed by atoms with Gasteiger partial charge in [-0.05, 0) is 25.0 Å². The zero-order valence-electron chi connectivity index (χ0n) is 11.0. The van der Waals surface area contributed by atoms with E-state index >= 15 is 0 Å². The van der Waals surface area contributed by atoms with Gasteiger partial charge in [0.15, 0.2) is 6.61 Å². The maximum absolute atomic E-state index is 13.6. The molecule has 1 aromatic rings. The smallest absolute Gasteiger partial charge is 0.258 e. The van der Waals surface area contributed by atoms with Crippen molar-refractivity contribution in [2.45, 2.75) is 31.7 Å². The number of hydrogen-bond donors (Lipinski definition) is 2. The molecule has 1 aromatic carbocycles. The summed E-state index contributed by atoms with van der Waals surface area (Å²) in [6.45, 7) is -0.171. The van der Waals surface area contributed by atoms with Gasteiger partial charge in [0.2, 0.25) is 0 Å². The Morgan fingerprint density at radius 2 is 2.15 bits per heavy atom. The van der Waals surface area contributed by atoms with Crippen molar-refractivity contribution >= 4 is 23.1 Å². The summed E-state index contributed by atoms with van der Waals surface area (Å²) < 4.78 is 18.9. The number of halogens is 1. The third-order valence-corrected chi connectivity index (χ3v) is 3.50. The maximum atomic E-state index is 13.6. The third kappa shape index (κ3) is 3.66. The van der Waals surface area contributed by atoms with Crippen LogP contribution in [0.4, 0.5) is 4.39 Å². The van der Waals surface area contributed by atoms with E-state index in [1.54, 1.807) is 6.07 Å². The van der Waals surface area contributed by atoms with Gasteiger partial charge in [0.25, 0.3) is 5.91 Å². The molecule has 108 valence electrons. The Bertz CT molecular complexity index is 516. The zero-order valence-corrected chi connectivity index (χ0v) is 11.8. The molecule has 0 aromatic heterocycles. The van der Waals surface area contributed by atoms with Crippen LogP contribution >= 0.6 is 12.2 Å². The predicted octanol–water partition coefficient (Wildman–Crippen LogP) is 1.90. The first kappa shape index (κ1) is 14.7.